The van der Waals surface area contributed by atoms with Gasteiger partial charge in [0.2, 0.25) is 0 Å². The van der Waals surface area contributed by atoms with Gasteiger partial charge in [-0.05, 0) is 66.8 Å². The first-order valence-corrected chi connectivity index (χ1v) is 8.34. The molecule has 5 heteroatoms. The van der Waals surface area contributed by atoms with Gasteiger partial charge in [-0.2, -0.15) is 0 Å². The van der Waals surface area contributed by atoms with E-state index in [1.54, 1.807) is 6.07 Å². The number of halogens is 1. The summed E-state index contributed by atoms with van der Waals surface area (Å²) in [5.74, 6) is -0.210. The first-order valence-electron chi connectivity index (χ1n) is 7.55. The van der Waals surface area contributed by atoms with Crippen molar-refractivity contribution in [1.82, 2.24) is 4.90 Å². The number of hydrogen-bond donors (Lipinski definition) is 1. The van der Waals surface area contributed by atoms with Crippen LogP contribution in [-0.2, 0) is 0 Å². The fourth-order valence-electron chi connectivity index (χ4n) is 3.86. The zero-order valence-corrected chi connectivity index (χ0v) is 13.8. The lowest BCUT2D eigenvalue weighted by Crippen LogP contribution is -2.53. The molecule has 2 aliphatic rings. The van der Waals surface area contributed by atoms with Crippen LogP contribution in [0.25, 0.3) is 0 Å². The lowest BCUT2D eigenvalue weighted by molar-refractivity contribution is 0.0695. The summed E-state index contributed by atoms with van der Waals surface area (Å²) in [6, 6.07) is 6.32. The summed E-state index contributed by atoms with van der Waals surface area (Å²) < 4.78 is 0.662. The van der Waals surface area contributed by atoms with Crippen LogP contribution in [0.15, 0.2) is 22.7 Å². The molecule has 0 bridgehead atoms. The van der Waals surface area contributed by atoms with Crippen molar-refractivity contribution >= 4 is 27.6 Å². The Labute approximate surface area is 133 Å². The molecule has 21 heavy (non-hydrogen) atoms. The molecular weight excluding hydrogens is 332 g/mol. The molecule has 0 radical (unpaired) electrons. The summed E-state index contributed by atoms with van der Waals surface area (Å²) in [6.45, 7) is 3.09. The summed E-state index contributed by atoms with van der Waals surface area (Å²) in [5.41, 5.74) is 1.24. The van der Waals surface area contributed by atoms with E-state index in [2.05, 4.69) is 32.8 Å². The molecule has 2 fully saturated rings. The SMILES string of the molecule is CN1CCCC2CN(c3cccc(Br)c3C(=O)O)CCC21. The molecule has 2 aliphatic heterocycles. The molecule has 1 aromatic rings. The van der Waals surface area contributed by atoms with Crippen LogP contribution in [0.4, 0.5) is 5.69 Å². The molecule has 3 rings (SSSR count). The van der Waals surface area contributed by atoms with Crippen LogP contribution in [0.3, 0.4) is 0 Å². The molecule has 2 heterocycles. The molecule has 0 aliphatic carbocycles. The highest BCUT2D eigenvalue weighted by atomic mass is 79.9. The second kappa shape index (κ2) is 5.97. The Bertz CT molecular complexity index is 549. The second-order valence-corrected chi connectivity index (χ2v) is 6.98. The number of nitrogens with zero attached hydrogens (tertiary/aromatic N) is 2. The topological polar surface area (TPSA) is 43.8 Å². The largest absolute Gasteiger partial charge is 0.478 e. The van der Waals surface area contributed by atoms with Gasteiger partial charge in [-0.15, -0.1) is 0 Å². The van der Waals surface area contributed by atoms with Crippen molar-refractivity contribution < 1.29 is 9.90 Å². The number of piperidine rings is 2. The maximum Gasteiger partial charge on any atom is 0.338 e. The van der Waals surface area contributed by atoms with E-state index in [4.69, 9.17) is 0 Å². The summed E-state index contributed by atoms with van der Waals surface area (Å²) in [5, 5.41) is 9.49. The van der Waals surface area contributed by atoms with Crippen molar-refractivity contribution in [2.75, 3.05) is 31.6 Å². The maximum atomic E-state index is 11.6. The number of carboxylic acids is 1. The van der Waals surface area contributed by atoms with Crippen LogP contribution in [0.5, 0.6) is 0 Å². The molecule has 114 valence electrons. The van der Waals surface area contributed by atoms with Gasteiger partial charge in [-0.3, -0.25) is 0 Å². The van der Waals surface area contributed by atoms with Gasteiger partial charge in [0.25, 0.3) is 0 Å². The molecule has 0 saturated carbocycles. The van der Waals surface area contributed by atoms with Crippen LogP contribution in [0.1, 0.15) is 29.6 Å². The first kappa shape index (κ1) is 14.9. The van der Waals surface area contributed by atoms with Crippen molar-refractivity contribution in [2.45, 2.75) is 25.3 Å². The molecule has 2 unspecified atom stereocenters. The molecule has 1 N–H and O–H groups in total. The smallest absolute Gasteiger partial charge is 0.338 e. The molecule has 1 aromatic carbocycles. The van der Waals surface area contributed by atoms with Gasteiger partial charge in [-0.1, -0.05) is 6.07 Å². The minimum atomic E-state index is -0.861. The minimum absolute atomic E-state index is 0.389. The second-order valence-electron chi connectivity index (χ2n) is 6.12. The van der Waals surface area contributed by atoms with Crippen LogP contribution < -0.4 is 4.90 Å². The average molecular weight is 353 g/mol. The van der Waals surface area contributed by atoms with E-state index < -0.39 is 5.97 Å². The molecule has 0 amide bonds. The Morgan fingerprint density at radius 1 is 1.33 bits per heavy atom. The predicted molar refractivity (Wildman–Crippen MR) is 87.1 cm³/mol. The van der Waals surface area contributed by atoms with Crippen LogP contribution in [-0.4, -0.2) is 48.7 Å². The third-order valence-corrected chi connectivity index (χ3v) is 5.55. The van der Waals surface area contributed by atoms with Crippen LogP contribution in [0.2, 0.25) is 0 Å². The summed E-state index contributed by atoms with van der Waals surface area (Å²) in [6.07, 6.45) is 3.62. The number of carbonyl (C=O) groups is 1. The number of fused-ring (bicyclic) bond motifs is 1. The van der Waals surface area contributed by atoms with E-state index in [0.717, 1.165) is 25.2 Å². The fraction of sp³-hybridized carbons (Fsp3) is 0.562. The lowest BCUT2D eigenvalue weighted by atomic mass is 9.84. The molecule has 4 nitrogen and oxygen atoms in total. The highest BCUT2D eigenvalue weighted by Crippen LogP contribution is 2.35. The molecular formula is C16H21BrN2O2. The number of benzene rings is 1. The van der Waals surface area contributed by atoms with Crippen molar-refractivity contribution in [1.29, 1.82) is 0 Å². The summed E-state index contributed by atoms with van der Waals surface area (Å²) in [7, 11) is 2.22. The number of carboxylic acid groups (broad SMARTS) is 1. The number of likely N-dealkylation sites (tertiary alicyclic amines) is 1. The highest BCUT2D eigenvalue weighted by Gasteiger charge is 2.35. The zero-order valence-electron chi connectivity index (χ0n) is 12.3. The zero-order chi connectivity index (χ0) is 15.0. The molecule has 0 aromatic heterocycles. The Balaban J connectivity index is 1.86. The Morgan fingerprint density at radius 3 is 2.90 bits per heavy atom. The third kappa shape index (κ3) is 2.81. The maximum absolute atomic E-state index is 11.6. The van der Waals surface area contributed by atoms with Gasteiger partial charge in [0.05, 0.1) is 11.3 Å². The average Bonchev–Trinajstić information content (AvgIpc) is 2.46. The standard InChI is InChI=1S/C16H21BrN2O2/c1-18-8-3-4-11-10-19(9-7-13(11)18)14-6-2-5-12(17)15(14)16(20)21/h2,5-6,11,13H,3-4,7-10H2,1H3,(H,20,21). The minimum Gasteiger partial charge on any atom is -0.478 e. The van der Waals surface area contributed by atoms with Gasteiger partial charge >= 0.3 is 5.97 Å². The number of hydrogen-bond acceptors (Lipinski definition) is 3. The monoisotopic (exact) mass is 352 g/mol. The quantitative estimate of drug-likeness (QED) is 0.888. The van der Waals surface area contributed by atoms with Gasteiger partial charge in [0.15, 0.2) is 0 Å². The molecule has 2 saturated heterocycles. The fourth-order valence-corrected chi connectivity index (χ4v) is 4.38. The lowest BCUT2D eigenvalue weighted by Gasteiger charge is -2.46. The Hall–Kier alpha value is -1.07. The Kier molecular flexibility index (Phi) is 4.22. The number of rotatable bonds is 2. The number of aromatic carboxylic acids is 1. The predicted octanol–water partition coefficient (Wildman–Crippen LogP) is 3.07. The van der Waals surface area contributed by atoms with E-state index >= 15 is 0 Å². The van der Waals surface area contributed by atoms with Crippen molar-refractivity contribution in [3.05, 3.63) is 28.2 Å². The van der Waals surface area contributed by atoms with E-state index in [-0.39, 0.29) is 0 Å². The van der Waals surface area contributed by atoms with Crippen molar-refractivity contribution in [2.24, 2.45) is 5.92 Å². The van der Waals surface area contributed by atoms with Crippen molar-refractivity contribution in [3.8, 4) is 0 Å². The Morgan fingerprint density at radius 2 is 2.14 bits per heavy atom. The van der Waals surface area contributed by atoms with Crippen molar-refractivity contribution in [3.63, 3.8) is 0 Å². The van der Waals surface area contributed by atoms with Gasteiger partial charge in [-0.25, -0.2) is 4.79 Å². The summed E-state index contributed by atoms with van der Waals surface area (Å²) >= 11 is 3.38. The molecule has 0 spiro atoms. The van der Waals surface area contributed by atoms with Crippen LogP contribution in [0, 0.1) is 5.92 Å². The highest BCUT2D eigenvalue weighted by molar-refractivity contribution is 9.10. The van der Waals surface area contributed by atoms with Gasteiger partial charge in [0.1, 0.15) is 0 Å². The van der Waals surface area contributed by atoms with E-state index in [0.29, 0.717) is 22.0 Å². The number of anilines is 1. The van der Waals surface area contributed by atoms with Gasteiger partial charge < -0.3 is 14.9 Å². The molecule has 2 atom stereocenters. The first-order chi connectivity index (χ1) is 10.1. The third-order valence-electron chi connectivity index (χ3n) is 4.89. The van der Waals surface area contributed by atoms with E-state index in [1.807, 2.05) is 12.1 Å². The normalized spacial score (nSPS) is 26.5. The van der Waals surface area contributed by atoms with Crippen LogP contribution >= 0.6 is 15.9 Å². The summed E-state index contributed by atoms with van der Waals surface area (Å²) in [4.78, 5) is 16.3. The van der Waals surface area contributed by atoms with E-state index in [1.165, 1.54) is 19.4 Å². The van der Waals surface area contributed by atoms with Gasteiger partial charge in [0, 0.05) is 23.6 Å². The van der Waals surface area contributed by atoms with E-state index in [9.17, 15) is 9.90 Å².